The highest BCUT2D eigenvalue weighted by molar-refractivity contribution is 6.30. The van der Waals surface area contributed by atoms with Gasteiger partial charge in [0.05, 0.1) is 0 Å². The second-order valence-corrected chi connectivity index (χ2v) is 3.74. The van der Waals surface area contributed by atoms with Crippen LogP contribution in [0.25, 0.3) is 0 Å². The van der Waals surface area contributed by atoms with Crippen molar-refractivity contribution in [3.05, 3.63) is 53.2 Å². The van der Waals surface area contributed by atoms with E-state index in [-0.39, 0.29) is 0 Å². The van der Waals surface area contributed by atoms with E-state index in [1.54, 1.807) is 0 Å². The van der Waals surface area contributed by atoms with E-state index in [2.05, 4.69) is 10.3 Å². The van der Waals surface area contributed by atoms with Crippen LogP contribution in [0.1, 0.15) is 5.69 Å². The summed E-state index contributed by atoms with van der Waals surface area (Å²) < 4.78 is 0. The molecule has 0 bridgehead atoms. The first-order chi connectivity index (χ1) is 7.24. The molecule has 15 heavy (non-hydrogen) atoms. The average Bonchev–Trinajstić information content (AvgIpc) is 2.17. The Morgan fingerprint density at radius 2 is 1.93 bits per heavy atom. The highest BCUT2D eigenvalue weighted by Gasteiger charge is 1.96. The number of anilines is 2. The first kappa shape index (κ1) is 9.99. The standard InChI is InChI=1S/C12H11ClN2/c1-9-4-2-7-12(14-9)15-11-6-3-5-10(13)8-11/h2-8H,1H3,(H,14,15). The van der Waals surface area contributed by atoms with Crippen molar-refractivity contribution in [1.29, 1.82) is 0 Å². The number of pyridine rings is 1. The van der Waals surface area contributed by atoms with E-state index in [0.29, 0.717) is 5.02 Å². The number of aryl methyl sites for hydroxylation is 1. The quantitative estimate of drug-likeness (QED) is 0.830. The maximum Gasteiger partial charge on any atom is 0.130 e. The van der Waals surface area contributed by atoms with Crippen LogP contribution in [0.4, 0.5) is 11.5 Å². The number of nitrogens with one attached hydrogen (secondary N) is 1. The SMILES string of the molecule is Cc1cccc(Nc2cccc(Cl)c2)n1. The van der Waals surface area contributed by atoms with E-state index in [4.69, 9.17) is 11.6 Å². The van der Waals surface area contributed by atoms with Gasteiger partial charge in [0, 0.05) is 16.4 Å². The van der Waals surface area contributed by atoms with Crippen LogP contribution in [0, 0.1) is 6.92 Å². The molecule has 2 nitrogen and oxygen atoms in total. The summed E-state index contributed by atoms with van der Waals surface area (Å²) >= 11 is 5.88. The van der Waals surface area contributed by atoms with Gasteiger partial charge in [-0.1, -0.05) is 23.7 Å². The first-order valence-electron chi connectivity index (χ1n) is 4.70. The third-order valence-electron chi connectivity index (χ3n) is 1.99. The van der Waals surface area contributed by atoms with Gasteiger partial charge in [0.1, 0.15) is 5.82 Å². The number of benzene rings is 1. The van der Waals surface area contributed by atoms with Crippen molar-refractivity contribution in [3.63, 3.8) is 0 Å². The minimum atomic E-state index is 0.715. The lowest BCUT2D eigenvalue weighted by atomic mass is 10.3. The number of aromatic nitrogens is 1. The normalized spacial score (nSPS) is 10.0. The number of nitrogens with zero attached hydrogens (tertiary/aromatic N) is 1. The zero-order chi connectivity index (χ0) is 10.7. The van der Waals surface area contributed by atoms with E-state index in [9.17, 15) is 0 Å². The van der Waals surface area contributed by atoms with Gasteiger partial charge >= 0.3 is 0 Å². The Balaban J connectivity index is 2.22. The molecule has 0 aliphatic heterocycles. The summed E-state index contributed by atoms with van der Waals surface area (Å²) in [6.07, 6.45) is 0. The molecule has 0 saturated heterocycles. The number of hydrogen-bond acceptors (Lipinski definition) is 2. The number of halogens is 1. The molecule has 1 aromatic carbocycles. The molecular weight excluding hydrogens is 208 g/mol. The summed E-state index contributed by atoms with van der Waals surface area (Å²) in [5, 5.41) is 3.91. The van der Waals surface area contributed by atoms with Crippen LogP contribution in [-0.4, -0.2) is 4.98 Å². The van der Waals surface area contributed by atoms with Gasteiger partial charge < -0.3 is 5.32 Å². The third kappa shape index (κ3) is 2.70. The highest BCUT2D eigenvalue weighted by atomic mass is 35.5. The molecule has 1 N–H and O–H groups in total. The Morgan fingerprint density at radius 1 is 1.13 bits per heavy atom. The summed E-state index contributed by atoms with van der Waals surface area (Å²) in [7, 11) is 0. The lowest BCUT2D eigenvalue weighted by molar-refractivity contribution is 1.20. The second kappa shape index (κ2) is 4.32. The maximum atomic E-state index is 5.88. The lowest BCUT2D eigenvalue weighted by Gasteiger charge is -2.05. The average molecular weight is 219 g/mol. The maximum absolute atomic E-state index is 5.88. The summed E-state index contributed by atoms with van der Waals surface area (Å²) in [5.41, 5.74) is 1.93. The summed E-state index contributed by atoms with van der Waals surface area (Å²) in [6, 6.07) is 13.4. The van der Waals surface area contributed by atoms with E-state index in [0.717, 1.165) is 17.2 Å². The second-order valence-electron chi connectivity index (χ2n) is 3.30. The van der Waals surface area contributed by atoms with Crippen molar-refractivity contribution in [3.8, 4) is 0 Å². The van der Waals surface area contributed by atoms with Crippen LogP contribution in [0.15, 0.2) is 42.5 Å². The van der Waals surface area contributed by atoms with E-state index in [1.165, 1.54) is 0 Å². The fourth-order valence-corrected chi connectivity index (χ4v) is 1.52. The molecular formula is C12H11ClN2. The van der Waals surface area contributed by atoms with E-state index < -0.39 is 0 Å². The molecule has 0 radical (unpaired) electrons. The zero-order valence-corrected chi connectivity index (χ0v) is 9.12. The van der Waals surface area contributed by atoms with Crippen LogP contribution in [0.5, 0.6) is 0 Å². The van der Waals surface area contributed by atoms with Gasteiger partial charge in [-0.3, -0.25) is 0 Å². The predicted octanol–water partition coefficient (Wildman–Crippen LogP) is 3.79. The van der Waals surface area contributed by atoms with Gasteiger partial charge in [0.25, 0.3) is 0 Å². The molecule has 0 fully saturated rings. The number of hydrogen-bond donors (Lipinski definition) is 1. The summed E-state index contributed by atoms with van der Waals surface area (Å²) in [4.78, 5) is 4.34. The van der Waals surface area contributed by atoms with Crippen molar-refractivity contribution in [2.24, 2.45) is 0 Å². The molecule has 3 heteroatoms. The van der Waals surface area contributed by atoms with Gasteiger partial charge in [0.2, 0.25) is 0 Å². The summed E-state index contributed by atoms with van der Waals surface area (Å²) in [5.74, 6) is 0.831. The molecule has 0 aliphatic rings. The molecule has 1 aromatic heterocycles. The third-order valence-corrected chi connectivity index (χ3v) is 2.22. The van der Waals surface area contributed by atoms with Crippen molar-refractivity contribution in [2.75, 3.05) is 5.32 Å². The van der Waals surface area contributed by atoms with Gasteiger partial charge in [-0.15, -0.1) is 0 Å². The van der Waals surface area contributed by atoms with Gasteiger partial charge in [-0.05, 0) is 37.3 Å². The summed E-state index contributed by atoms with van der Waals surface area (Å²) in [6.45, 7) is 1.96. The van der Waals surface area contributed by atoms with Crippen LogP contribution < -0.4 is 5.32 Å². The highest BCUT2D eigenvalue weighted by Crippen LogP contribution is 2.18. The molecule has 1 heterocycles. The van der Waals surface area contributed by atoms with E-state index >= 15 is 0 Å². The first-order valence-corrected chi connectivity index (χ1v) is 5.08. The molecule has 0 atom stereocenters. The van der Waals surface area contributed by atoms with Crippen LogP contribution in [-0.2, 0) is 0 Å². The fraction of sp³-hybridized carbons (Fsp3) is 0.0833. The molecule has 0 unspecified atom stereocenters. The molecule has 0 spiro atoms. The molecule has 0 aliphatic carbocycles. The van der Waals surface area contributed by atoms with Crippen LogP contribution in [0.2, 0.25) is 5.02 Å². The Morgan fingerprint density at radius 3 is 2.67 bits per heavy atom. The Labute approximate surface area is 93.9 Å². The zero-order valence-electron chi connectivity index (χ0n) is 8.37. The van der Waals surface area contributed by atoms with E-state index in [1.807, 2.05) is 49.4 Å². The lowest BCUT2D eigenvalue weighted by Crippen LogP contribution is -1.93. The molecule has 76 valence electrons. The van der Waals surface area contributed by atoms with Crippen LogP contribution in [0.3, 0.4) is 0 Å². The molecule has 2 aromatic rings. The fourth-order valence-electron chi connectivity index (χ4n) is 1.33. The van der Waals surface area contributed by atoms with Gasteiger partial charge in [-0.2, -0.15) is 0 Å². The monoisotopic (exact) mass is 218 g/mol. The Hall–Kier alpha value is -1.54. The number of rotatable bonds is 2. The topological polar surface area (TPSA) is 24.9 Å². The minimum absolute atomic E-state index is 0.715. The van der Waals surface area contributed by atoms with Gasteiger partial charge in [0.15, 0.2) is 0 Å². The minimum Gasteiger partial charge on any atom is -0.340 e. The van der Waals surface area contributed by atoms with Crippen molar-refractivity contribution in [1.82, 2.24) is 4.98 Å². The van der Waals surface area contributed by atoms with Crippen LogP contribution >= 0.6 is 11.6 Å². The van der Waals surface area contributed by atoms with Crippen molar-refractivity contribution < 1.29 is 0 Å². The van der Waals surface area contributed by atoms with Gasteiger partial charge in [-0.25, -0.2) is 4.98 Å². The molecule has 2 rings (SSSR count). The molecule has 0 amide bonds. The van der Waals surface area contributed by atoms with Crippen molar-refractivity contribution >= 4 is 23.1 Å². The van der Waals surface area contributed by atoms with Crippen molar-refractivity contribution in [2.45, 2.75) is 6.92 Å². The molecule has 0 saturated carbocycles. The predicted molar refractivity (Wildman–Crippen MR) is 63.7 cm³/mol. The largest absolute Gasteiger partial charge is 0.340 e. The smallest absolute Gasteiger partial charge is 0.130 e. The Kier molecular flexibility index (Phi) is 2.88. The Bertz CT molecular complexity index is 425.